The molecule has 8 heteroatoms. The number of piperidine rings is 1. The topological polar surface area (TPSA) is 37.4 Å². The van der Waals surface area contributed by atoms with Crippen LogP contribution >= 0.6 is 0 Å². The van der Waals surface area contributed by atoms with Crippen LogP contribution in [0.5, 0.6) is 0 Å². The first kappa shape index (κ1) is 16.2. The fourth-order valence-corrected chi connectivity index (χ4v) is 4.27. The number of sulfonamides is 1. The molecule has 1 aliphatic rings. The summed E-state index contributed by atoms with van der Waals surface area (Å²) in [4.78, 5) is 0. The summed E-state index contributed by atoms with van der Waals surface area (Å²) in [7, 11) is -4.14. The molecule has 0 bridgehead atoms. The van der Waals surface area contributed by atoms with E-state index in [-0.39, 0.29) is 18.5 Å². The molecule has 0 saturated carbocycles. The minimum absolute atomic E-state index is 0.140. The van der Waals surface area contributed by atoms with E-state index in [4.69, 9.17) is 0 Å². The highest BCUT2D eigenvalue weighted by Crippen LogP contribution is 2.34. The largest absolute Gasteiger partial charge is 0.405 e. The van der Waals surface area contributed by atoms with Crippen LogP contribution in [0.1, 0.15) is 24.8 Å². The first-order valence-electron chi connectivity index (χ1n) is 6.51. The molecule has 1 aromatic carbocycles. The smallest absolute Gasteiger partial charge is 0.212 e. The number of benzene rings is 1. The van der Waals surface area contributed by atoms with Crippen molar-refractivity contribution < 1.29 is 26.0 Å². The third-order valence-electron chi connectivity index (χ3n) is 3.43. The first-order chi connectivity index (χ1) is 9.70. The van der Waals surface area contributed by atoms with Crippen LogP contribution in [0.25, 0.3) is 0 Å². The summed E-state index contributed by atoms with van der Waals surface area (Å²) in [5.74, 6) is -1.24. The normalized spacial score (nSPS) is 21.4. The average molecular weight is 325 g/mol. The second-order valence-corrected chi connectivity index (χ2v) is 6.97. The molecular weight excluding hydrogens is 310 g/mol. The lowest BCUT2D eigenvalue weighted by atomic mass is 10.0. The van der Waals surface area contributed by atoms with Gasteiger partial charge in [0.1, 0.15) is 11.9 Å². The van der Waals surface area contributed by atoms with Crippen molar-refractivity contribution in [2.24, 2.45) is 0 Å². The molecule has 1 unspecified atom stereocenters. The molecule has 2 rings (SSSR count). The predicted octanol–water partition coefficient (Wildman–Crippen LogP) is 3.07. The standard InChI is InChI=1S/C13H15F4NO2S/c14-11-5-3-4-10(8-11)9-21(19,20)18-7-2-1-6-12(18)13(15,16)17/h3-5,8,12H,1-2,6-7,9H2. The minimum Gasteiger partial charge on any atom is -0.212 e. The molecule has 0 N–H and O–H groups in total. The van der Waals surface area contributed by atoms with Gasteiger partial charge in [0, 0.05) is 6.54 Å². The fourth-order valence-electron chi connectivity index (χ4n) is 2.49. The summed E-state index contributed by atoms with van der Waals surface area (Å²) in [6, 6.07) is 2.90. The van der Waals surface area contributed by atoms with E-state index >= 15 is 0 Å². The van der Waals surface area contributed by atoms with Crippen molar-refractivity contribution >= 4 is 10.0 Å². The second kappa shape index (κ2) is 5.92. The van der Waals surface area contributed by atoms with Crippen molar-refractivity contribution in [3.05, 3.63) is 35.6 Å². The first-order valence-corrected chi connectivity index (χ1v) is 8.12. The number of hydrogen-bond acceptors (Lipinski definition) is 2. The molecule has 1 fully saturated rings. The maximum absolute atomic E-state index is 13.1. The third-order valence-corrected chi connectivity index (χ3v) is 5.28. The van der Waals surface area contributed by atoms with Crippen LogP contribution in [-0.2, 0) is 15.8 Å². The highest BCUT2D eigenvalue weighted by molar-refractivity contribution is 7.88. The molecule has 3 nitrogen and oxygen atoms in total. The Morgan fingerprint density at radius 1 is 1.24 bits per heavy atom. The molecule has 0 aromatic heterocycles. The minimum atomic E-state index is -4.59. The van der Waals surface area contributed by atoms with E-state index in [0.29, 0.717) is 17.1 Å². The zero-order valence-corrected chi connectivity index (χ0v) is 11.9. The van der Waals surface area contributed by atoms with Gasteiger partial charge in [-0.1, -0.05) is 18.6 Å². The van der Waals surface area contributed by atoms with Crippen LogP contribution in [0.3, 0.4) is 0 Å². The van der Waals surface area contributed by atoms with Crippen LogP contribution in [0.2, 0.25) is 0 Å². The quantitative estimate of drug-likeness (QED) is 0.801. The van der Waals surface area contributed by atoms with Crippen LogP contribution in [0.15, 0.2) is 24.3 Å². The van der Waals surface area contributed by atoms with E-state index in [0.717, 1.165) is 12.1 Å². The Balaban J connectivity index is 2.24. The van der Waals surface area contributed by atoms with E-state index in [9.17, 15) is 26.0 Å². The summed E-state index contributed by atoms with van der Waals surface area (Å²) < 4.78 is 76.9. The molecule has 1 atom stereocenters. The molecule has 0 aliphatic carbocycles. The van der Waals surface area contributed by atoms with Gasteiger partial charge in [0.15, 0.2) is 0 Å². The van der Waals surface area contributed by atoms with Gasteiger partial charge in [0.05, 0.1) is 5.75 Å². The van der Waals surface area contributed by atoms with Crippen LogP contribution in [-0.4, -0.2) is 31.5 Å². The van der Waals surface area contributed by atoms with Crippen molar-refractivity contribution in [1.82, 2.24) is 4.31 Å². The van der Waals surface area contributed by atoms with Crippen molar-refractivity contribution in [3.63, 3.8) is 0 Å². The van der Waals surface area contributed by atoms with Gasteiger partial charge in [-0.3, -0.25) is 0 Å². The Kier molecular flexibility index (Phi) is 4.57. The van der Waals surface area contributed by atoms with Gasteiger partial charge < -0.3 is 0 Å². The van der Waals surface area contributed by atoms with Crippen molar-refractivity contribution in [1.29, 1.82) is 0 Å². The van der Waals surface area contributed by atoms with Gasteiger partial charge in [-0.05, 0) is 30.5 Å². The molecule has 0 radical (unpaired) electrons. The maximum atomic E-state index is 13.1. The zero-order chi connectivity index (χ0) is 15.7. The molecular formula is C13H15F4NO2S. The number of alkyl halides is 3. The van der Waals surface area contributed by atoms with Gasteiger partial charge in [-0.25, -0.2) is 12.8 Å². The molecule has 1 aromatic rings. The summed E-state index contributed by atoms with van der Waals surface area (Å²) in [6.45, 7) is -0.151. The van der Waals surface area contributed by atoms with E-state index in [1.165, 1.54) is 12.1 Å². The lowest BCUT2D eigenvalue weighted by Gasteiger charge is -2.35. The number of rotatable bonds is 3. The molecule has 21 heavy (non-hydrogen) atoms. The Hall–Kier alpha value is -1.15. The highest BCUT2D eigenvalue weighted by Gasteiger charge is 2.48. The van der Waals surface area contributed by atoms with Gasteiger partial charge in [-0.2, -0.15) is 17.5 Å². The van der Waals surface area contributed by atoms with E-state index in [2.05, 4.69) is 0 Å². The Morgan fingerprint density at radius 3 is 2.57 bits per heavy atom. The van der Waals surface area contributed by atoms with Crippen molar-refractivity contribution in [3.8, 4) is 0 Å². The van der Waals surface area contributed by atoms with Gasteiger partial charge in [-0.15, -0.1) is 0 Å². The molecule has 1 heterocycles. The van der Waals surface area contributed by atoms with Gasteiger partial charge >= 0.3 is 6.18 Å². The number of nitrogens with zero attached hydrogens (tertiary/aromatic N) is 1. The van der Waals surface area contributed by atoms with E-state index in [1.54, 1.807) is 0 Å². The Morgan fingerprint density at radius 2 is 1.95 bits per heavy atom. The molecule has 118 valence electrons. The highest BCUT2D eigenvalue weighted by atomic mass is 32.2. The molecule has 0 spiro atoms. The van der Waals surface area contributed by atoms with Gasteiger partial charge in [0.2, 0.25) is 10.0 Å². The summed E-state index contributed by atoms with van der Waals surface area (Å²) in [5, 5.41) is 0. The number of hydrogen-bond donors (Lipinski definition) is 0. The second-order valence-electron chi connectivity index (χ2n) is 5.05. The van der Waals surface area contributed by atoms with E-state index in [1.807, 2.05) is 0 Å². The summed E-state index contributed by atoms with van der Waals surface area (Å²) in [5.41, 5.74) is 0.140. The zero-order valence-electron chi connectivity index (χ0n) is 11.1. The third kappa shape index (κ3) is 3.94. The van der Waals surface area contributed by atoms with Crippen molar-refractivity contribution in [2.75, 3.05) is 6.54 Å². The van der Waals surface area contributed by atoms with Crippen LogP contribution in [0, 0.1) is 5.82 Å². The van der Waals surface area contributed by atoms with Crippen LogP contribution in [0.4, 0.5) is 17.6 Å². The van der Waals surface area contributed by atoms with E-state index < -0.39 is 33.8 Å². The monoisotopic (exact) mass is 325 g/mol. The molecule has 1 aliphatic heterocycles. The maximum Gasteiger partial charge on any atom is 0.405 e. The summed E-state index contributed by atoms with van der Waals surface area (Å²) >= 11 is 0. The predicted molar refractivity (Wildman–Crippen MR) is 69.4 cm³/mol. The van der Waals surface area contributed by atoms with Crippen LogP contribution < -0.4 is 0 Å². The fraction of sp³-hybridized carbons (Fsp3) is 0.538. The lowest BCUT2D eigenvalue weighted by molar-refractivity contribution is -0.177. The molecule has 1 saturated heterocycles. The average Bonchev–Trinajstić information content (AvgIpc) is 2.37. The SMILES string of the molecule is O=S(=O)(Cc1cccc(F)c1)N1CCCCC1C(F)(F)F. The Bertz CT molecular complexity index is 600. The van der Waals surface area contributed by atoms with Crippen molar-refractivity contribution in [2.45, 2.75) is 37.2 Å². The lowest BCUT2D eigenvalue weighted by Crippen LogP contribution is -2.51. The molecule has 0 amide bonds. The number of halogens is 4. The Labute approximate surface area is 120 Å². The van der Waals surface area contributed by atoms with Gasteiger partial charge in [0.25, 0.3) is 0 Å². The summed E-state index contributed by atoms with van der Waals surface area (Å²) in [6.07, 6.45) is -4.08.